The quantitative estimate of drug-likeness (QED) is 0.562. The summed E-state index contributed by atoms with van der Waals surface area (Å²) in [5.74, 6) is 0.863. The molecular formula is C27H30N8O3. The maximum absolute atomic E-state index is 13.3. The molecule has 4 aliphatic rings. The number of urea groups is 1. The number of hydrogen-bond donors (Lipinski definition) is 2. The van der Waals surface area contributed by atoms with E-state index in [1.165, 1.54) is 11.1 Å². The number of carbonyl (C=O) groups is 3. The topological polar surface area (TPSA) is 135 Å². The van der Waals surface area contributed by atoms with Crippen LogP contribution in [-0.2, 0) is 17.8 Å². The van der Waals surface area contributed by atoms with Crippen molar-refractivity contribution in [2.75, 3.05) is 41.7 Å². The van der Waals surface area contributed by atoms with Crippen molar-refractivity contribution >= 4 is 35.5 Å². The van der Waals surface area contributed by atoms with Crippen LogP contribution in [0.2, 0.25) is 0 Å². The molecule has 2 aromatic rings. The van der Waals surface area contributed by atoms with Crippen molar-refractivity contribution in [2.24, 2.45) is 0 Å². The molecule has 1 aliphatic carbocycles. The van der Waals surface area contributed by atoms with Crippen molar-refractivity contribution in [3.63, 3.8) is 0 Å². The number of piperazine rings is 1. The lowest BCUT2D eigenvalue weighted by molar-refractivity contribution is -0.138. The van der Waals surface area contributed by atoms with Gasteiger partial charge in [0.15, 0.2) is 6.29 Å². The van der Waals surface area contributed by atoms with E-state index in [-0.39, 0.29) is 11.6 Å². The molecule has 0 spiro atoms. The van der Waals surface area contributed by atoms with E-state index in [0.717, 1.165) is 50.6 Å². The Morgan fingerprint density at radius 1 is 1.21 bits per heavy atom. The summed E-state index contributed by atoms with van der Waals surface area (Å²) < 4.78 is 0. The minimum absolute atomic E-state index is 0.0733. The predicted molar refractivity (Wildman–Crippen MR) is 140 cm³/mol. The van der Waals surface area contributed by atoms with Gasteiger partial charge in [0.1, 0.15) is 23.4 Å². The first-order chi connectivity index (χ1) is 18.5. The number of fused-ring (bicyclic) bond motifs is 2. The molecule has 0 aromatic carbocycles. The zero-order valence-electron chi connectivity index (χ0n) is 21.2. The van der Waals surface area contributed by atoms with Gasteiger partial charge in [-0.2, -0.15) is 5.26 Å². The van der Waals surface area contributed by atoms with Crippen LogP contribution < -0.4 is 15.5 Å². The van der Waals surface area contributed by atoms with E-state index < -0.39 is 6.03 Å². The number of aryl methyl sites for hydroxylation is 1. The minimum atomic E-state index is -0.398. The van der Waals surface area contributed by atoms with Gasteiger partial charge in [0.2, 0.25) is 5.91 Å². The summed E-state index contributed by atoms with van der Waals surface area (Å²) in [6, 6.07) is 6.06. The van der Waals surface area contributed by atoms with Crippen LogP contribution in [0.4, 0.5) is 22.1 Å². The van der Waals surface area contributed by atoms with E-state index in [1.54, 1.807) is 6.07 Å². The minimum Gasteiger partial charge on any atom is -0.381 e. The smallest absolute Gasteiger partial charge is 0.328 e. The van der Waals surface area contributed by atoms with E-state index >= 15 is 0 Å². The number of nitriles is 1. The lowest BCUT2D eigenvalue weighted by Gasteiger charge is -2.37. The van der Waals surface area contributed by atoms with Crippen LogP contribution in [0.3, 0.4) is 0 Å². The first kappa shape index (κ1) is 24.3. The van der Waals surface area contributed by atoms with Crippen LogP contribution in [0.15, 0.2) is 18.3 Å². The van der Waals surface area contributed by atoms with E-state index in [4.69, 9.17) is 0 Å². The number of nitrogens with one attached hydrogen (secondary N) is 2. The van der Waals surface area contributed by atoms with Crippen molar-refractivity contribution in [2.45, 2.75) is 57.2 Å². The summed E-state index contributed by atoms with van der Waals surface area (Å²) in [5.41, 5.74) is 2.92. The van der Waals surface area contributed by atoms with Crippen LogP contribution in [0.1, 0.15) is 59.3 Å². The monoisotopic (exact) mass is 514 g/mol. The average molecular weight is 515 g/mol. The molecule has 3 fully saturated rings. The number of aldehydes is 1. The first-order valence-corrected chi connectivity index (χ1v) is 13.3. The third kappa shape index (κ3) is 4.79. The molecule has 2 aromatic heterocycles. The van der Waals surface area contributed by atoms with Crippen LogP contribution in [0.25, 0.3) is 0 Å². The standard InChI is InChI=1S/C27H30N8O3/c28-11-19-12-29-24(10-22(19)30-20-5-6-20)32-27(38)35-8-1-3-17-9-18(23(16-36)31-26(17)35)13-34-14-21-4-2-7-33(21)15-25(34)37/h9-10,12,16,20-21H,1-8,13-15H2,(H2,29,30,32,38). The number of rotatable bonds is 6. The molecule has 1 unspecified atom stereocenters. The van der Waals surface area contributed by atoms with E-state index in [9.17, 15) is 19.6 Å². The van der Waals surface area contributed by atoms with Gasteiger partial charge in [-0.25, -0.2) is 14.8 Å². The number of nitrogens with zero attached hydrogens (tertiary/aromatic N) is 6. The van der Waals surface area contributed by atoms with Crippen molar-refractivity contribution in [3.8, 4) is 6.07 Å². The highest BCUT2D eigenvalue weighted by atomic mass is 16.2. The van der Waals surface area contributed by atoms with Gasteiger partial charge in [0, 0.05) is 49.5 Å². The van der Waals surface area contributed by atoms with Gasteiger partial charge in [-0.3, -0.25) is 24.7 Å². The molecule has 11 nitrogen and oxygen atoms in total. The molecule has 6 rings (SSSR count). The number of anilines is 3. The number of pyridine rings is 2. The molecule has 3 aliphatic heterocycles. The van der Waals surface area contributed by atoms with Crippen LogP contribution >= 0.6 is 0 Å². The predicted octanol–water partition coefficient (Wildman–Crippen LogP) is 2.53. The summed E-state index contributed by atoms with van der Waals surface area (Å²) in [6.07, 6.45) is 7.93. The number of hydrogen-bond acceptors (Lipinski definition) is 8. The highest BCUT2D eigenvalue weighted by Crippen LogP contribution is 2.31. The Balaban J connectivity index is 1.21. The summed E-state index contributed by atoms with van der Waals surface area (Å²) in [4.78, 5) is 52.5. The van der Waals surface area contributed by atoms with Gasteiger partial charge < -0.3 is 10.2 Å². The second-order valence-corrected chi connectivity index (χ2v) is 10.5. The molecule has 1 saturated carbocycles. The molecule has 11 heteroatoms. The molecule has 196 valence electrons. The second kappa shape index (κ2) is 10.0. The summed E-state index contributed by atoms with van der Waals surface area (Å²) in [5, 5.41) is 15.5. The lowest BCUT2D eigenvalue weighted by atomic mass is 10.0. The van der Waals surface area contributed by atoms with Gasteiger partial charge in [-0.15, -0.1) is 0 Å². The summed E-state index contributed by atoms with van der Waals surface area (Å²) in [6.45, 7) is 2.86. The van der Waals surface area contributed by atoms with Crippen molar-refractivity contribution in [1.29, 1.82) is 5.26 Å². The first-order valence-electron chi connectivity index (χ1n) is 13.3. The third-order valence-electron chi connectivity index (χ3n) is 7.81. The van der Waals surface area contributed by atoms with Crippen LogP contribution in [0.5, 0.6) is 0 Å². The van der Waals surface area contributed by atoms with E-state index in [0.29, 0.717) is 73.0 Å². The van der Waals surface area contributed by atoms with Crippen LogP contribution in [0, 0.1) is 11.3 Å². The molecule has 1 atom stereocenters. The Morgan fingerprint density at radius 3 is 2.87 bits per heavy atom. The Hall–Kier alpha value is -4.04. The van der Waals surface area contributed by atoms with Gasteiger partial charge in [-0.1, -0.05) is 0 Å². The van der Waals surface area contributed by atoms with Gasteiger partial charge >= 0.3 is 6.03 Å². The zero-order valence-corrected chi connectivity index (χ0v) is 21.2. The normalized spacial score (nSPS) is 20.9. The molecule has 5 heterocycles. The average Bonchev–Trinajstić information content (AvgIpc) is 3.63. The van der Waals surface area contributed by atoms with Gasteiger partial charge in [0.25, 0.3) is 0 Å². The summed E-state index contributed by atoms with van der Waals surface area (Å²) >= 11 is 0. The fraction of sp³-hybridized carbons (Fsp3) is 0.481. The fourth-order valence-electron chi connectivity index (χ4n) is 5.64. The molecule has 2 saturated heterocycles. The lowest BCUT2D eigenvalue weighted by Crippen LogP contribution is -2.53. The number of aromatic nitrogens is 2. The Morgan fingerprint density at radius 2 is 2.08 bits per heavy atom. The van der Waals surface area contributed by atoms with Crippen molar-refractivity contribution in [1.82, 2.24) is 19.8 Å². The largest absolute Gasteiger partial charge is 0.381 e. The van der Waals surface area contributed by atoms with Crippen molar-refractivity contribution in [3.05, 3.63) is 40.7 Å². The Kier molecular flexibility index (Phi) is 6.41. The molecule has 3 amide bonds. The Labute approximate surface area is 220 Å². The van der Waals surface area contributed by atoms with E-state index in [2.05, 4.69) is 31.6 Å². The maximum Gasteiger partial charge on any atom is 0.328 e. The zero-order chi connectivity index (χ0) is 26.2. The van der Waals surface area contributed by atoms with Crippen molar-refractivity contribution < 1.29 is 14.4 Å². The van der Waals surface area contributed by atoms with Gasteiger partial charge in [-0.05, 0) is 56.7 Å². The highest BCUT2D eigenvalue weighted by Gasteiger charge is 2.35. The van der Waals surface area contributed by atoms with E-state index in [1.807, 2.05) is 11.0 Å². The maximum atomic E-state index is 13.3. The van der Waals surface area contributed by atoms with Gasteiger partial charge in [0.05, 0.1) is 17.8 Å². The molecule has 0 radical (unpaired) electrons. The molecular weight excluding hydrogens is 484 g/mol. The summed E-state index contributed by atoms with van der Waals surface area (Å²) in [7, 11) is 0. The fourth-order valence-corrected chi connectivity index (χ4v) is 5.64. The highest BCUT2D eigenvalue weighted by molar-refractivity contribution is 6.02. The number of amides is 3. The van der Waals surface area contributed by atoms with Crippen LogP contribution in [-0.4, -0.2) is 76.3 Å². The Bertz CT molecular complexity index is 1330. The molecule has 38 heavy (non-hydrogen) atoms. The third-order valence-corrected chi connectivity index (χ3v) is 7.81. The second-order valence-electron chi connectivity index (χ2n) is 10.5. The molecule has 2 N–H and O–H groups in total. The SMILES string of the molecule is N#Cc1cnc(NC(=O)N2CCCc3cc(CN4CC5CCCN5CC4=O)c(C=O)nc32)cc1NC1CC1. The molecule has 0 bridgehead atoms. The number of carbonyl (C=O) groups excluding carboxylic acids is 3.